The van der Waals surface area contributed by atoms with Crippen LogP contribution in [0.1, 0.15) is 71.6 Å². The lowest BCUT2D eigenvalue weighted by Gasteiger charge is -2.41. The maximum Gasteiger partial charge on any atom is 0.0107 e. The predicted molar refractivity (Wildman–Crippen MR) is 83.5 cm³/mol. The summed E-state index contributed by atoms with van der Waals surface area (Å²) >= 11 is 0. The molecule has 2 nitrogen and oxygen atoms in total. The van der Waals surface area contributed by atoms with E-state index in [0.29, 0.717) is 0 Å². The SMILES string of the molecule is CCCNC1CCCCC1CN1CCCCC1CC. The Kier molecular flexibility index (Phi) is 6.66. The van der Waals surface area contributed by atoms with Gasteiger partial charge in [-0.2, -0.15) is 0 Å². The molecule has 2 rings (SSSR count). The van der Waals surface area contributed by atoms with Crippen LogP contribution in [0.5, 0.6) is 0 Å². The number of likely N-dealkylation sites (tertiary alicyclic amines) is 1. The van der Waals surface area contributed by atoms with Gasteiger partial charge in [-0.15, -0.1) is 0 Å². The molecule has 2 aliphatic rings. The second-order valence-corrected chi connectivity index (χ2v) is 6.66. The minimum absolute atomic E-state index is 0.799. The maximum atomic E-state index is 3.82. The van der Waals surface area contributed by atoms with Crippen LogP contribution in [-0.2, 0) is 0 Å². The Morgan fingerprint density at radius 2 is 1.79 bits per heavy atom. The molecule has 0 radical (unpaired) electrons. The van der Waals surface area contributed by atoms with Crippen LogP contribution in [-0.4, -0.2) is 36.6 Å². The molecule has 1 aliphatic heterocycles. The smallest absolute Gasteiger partial charge is 0.0107 e. The number of rotatable bonds is 6. The monoisotopic (exact) mass is 266 g/mol. The van der Waals surface area contributed by atoms with Crippen LogP contribution < -0.4 is 5.32 Å². The van der Waals surface area contributed by atoms with Crippen LogP contribution in [0.3, 0.4) is 0 Å². The second-order valence-electron chi connectivity index (χ2n) is 6.66. The third-order valence-electron chi connectivity index (χ3n) is 5.25. The average molecular weight is 266 g/mol. The molecule has 0 bridgehead atoms. The topological polar surface area (TPSA) is 15.3 Å². The van der Waals surface area contributed by atoms with Gasteiger partial charge >= 0.3 is 0 Å². The summed E-state index contributed by atoms with van der Waals surface area (Å²) in [4.78, 5) is 2.82. The van der Waals surface area contributed by atoms with Crippen molar-refractivity contribution in [2.24, 2.45) is 5.92 Å². The van der Waals surface area contributed by atoms with Gasteiger partial charge in [-0.25, -0.2) is 0 Å². The molecule has 0 amide bonds. The van der Waals surface area contributed by atoms with E-state index >= 15 is 0 Å². The Bertz CT molecular complexity index is 241. The number of piperidine rings is 1. The van der Waals surface area contributed by atoms with Crippen molar-refractivity contribution in [3.8, 4) is 0 Å². The molecule has 1 aliphatic carbocycles. The van der Waals surface area contributed by atoms with E-state index in [-0.39, 0.29) is 0 Å². The van der Waals surface area contributed by atoms with Crippen LogP contribution >= 0.6 is 0 Å². The highest BCUT2D eigenvalue weighted by Crippen LogP contribution is 2.28. The fraction of sp³-hybridized carbons (Fsp3) is 1.00. The van der Waals surface area contributed by atoms with Gasteiger partial charge in [0.05, 0.1) is 0 Å². The van der Waals surface area contributed by atoms with Gasteiger partial charge in [0.2, 0.25) is 0 Å². The number of nitrogens with one attached hydrogen (secondary N) is 1. The lowest BCUT2D eigenvalue weighted by Crippen LogP contribution is -2.48. The molecule has 3 unspecified atom stereocenters. The Labute approximate surface area is 120 Å². The summed E-state index contributed by atoms with van der Waals surface area (Å²) in [5, 5.41) is 3.82. The van der Waals surface area contributed by atoms with Gasteiger partial charge in [0, 0.05) is 18.6 Å². The van der Waals surface area contributed by atoms with Crippen LogP contribution in [0.4, 0.5) is 0 Å². The lowest BCUT2D eigenvalue weighted by molar-refractivity contribution is 0.0966. The van der Waals surface area contributed by atoms with E-state index in [1.54, 1.807) is 0 Å². The number of nitrogens with zero attached hydrogens (tertiary/aromatic N) is 1. The number of hydrogen-bond acceptors (Lipinski definition) is 2. The van der Waals surface area contributed by atoms with E-state index in [1.165, 1.54) is 77.4 Å². The summed E-state index contributed by atoms with van der Waals surface area (Å²) < 4.78 is 0. The molecule has 1 heterocycles. The molecule has 0 aromatic carbocycles. The largest absolute Gasteiger partial charge is 0.314 e. The highest BCUT2D eigenvalue weighted by atomic mass is 15.2. The summed E-state index contributed by atoms with van der Waals surface area (Å²) in [5.41, 5.74) is 0. The first-order valence-corrected chi connectivity index (χ1v) is 8.82. The van der Waals surface area contributed by atoms with Crippen LogP contribution in [0.15, 0.2) is 0 Å². The molecule has 1 N–H and O–H groups in total. The molecule has 112 valence electrons. The van der Waals surface area contributed by atoms with Crippen molar-refractivity contribution >= 4 is 0 Å². The van der Waals surface area contributed by atoms with Gasteiger partial charge in [0.1, 0.15) is 0 Å². The third kappa shape index (κ3) is 4.46. The van der Waals surface area contributed by atoms with Crippen molar-refractivity contribution in [1.82, 2.24) is 10.2 Å². The predicted octanol–water partition coefficient (Wildman–Crippen LogP) is 3.81. The van der Waals surface area contributed by atoms with Crippen molar-refractivity contribution in [2.45, 2.75) is 83.7 Å². The Morgan fingerprint density at radius 3 is 2.58 bits per heavy atom. The summed E-state index contributed by atoms with van der Waals surface area (Å²) in [7, 11) is 0. The van der Waals surface area contributed by atoms with Crippen molar-refractivity contribution in [3.05, 3.63) is 0 Å². The minimum atomic E-state index is 0.799. The van der Waals surface area contributed by atoms with E-state index < -0.39 is 0 Å². The van der Waals surface area contributed by atoms with E-state index in [4.69, 9.17) is 0 Å². The lowest BCUT2D eigenvalue weighted by atomic mass is 9.83. The summed E-state index contributed by atoms with van der Waals surface area (Å²) in [6.45, 7) is 8.58. The normalized spacial score (nSPS) is 33.5. The highest BCUT2D eigenvalue weighted by molar-refractivity contribution is 4.86. The molecule has 3 atom stereocenters. The molecule has 0 spiro atoms. The van der Waals surface area contributed by atoms with Crippen molar-refractivity contribution in [3.63, 3.8) is 0 Å². The van der Waals surface area contributed by atoms with Crippen LogP contribution in [0, 0.1) is 5.92 Å². The van der Waals surface area contributed by atoms with Gasteiger partial charge in [0.25, 0.3) is 0 Å². The first-order chi connectivity index (χ1) is 9.35. The van der Waals surface area contributed by atoms with Gasteiger partial charge in [-0.05, 0) is 57.5 Å². The van der Waals surface area contributed by atoms with E-state index in [2.05, 4.69) is 24.1 Å². The van der Waals surface area contributed by atoms with Gasteiger partial charge < -0.3 is 10.2 Å². The molecular weight excluding hydrogens is 232 g/mol. The Hall–Kier alpha value is -0.0800. The molecule has 19 heavy (non-hydrogen) atoms. The zero-order valence-corrected chi connectivity index (χ0v) is 13.2. The summed E-state index contributed by atoms with van der Waals surface area (Å²) in [6, 6.07) is 1.68. The van der Waals surface area contributed by atoms with Crippen molar-refractivity contribution < 1.29 is 0 Å². The van der Waals surface area contributed by atoms with Gasteiger partial charge in [-0.3, -0.25) is 0 Å². The van der Waals surface area contributed by atoms with E-state index in [0.717, 1.165) is 18.0 Å². The van der Waals surface area contributed by atoms with Gasteiger partial charge in [0.15, 0.2) is 0 Å². The molecule has 2 heteroatoms. The van der Waals surface area contributed by atoms with E-state index in [9.17, 15) is 0 Å². The molecule has 1 saturated carbocycles. The zero-order valence-electron chi connectivity index (χ0n) is 13.2. The van der Waals surface area contributed by atoms with Crippen LogP contribution in [0.2, 0.25) is 0 Å². The Balaban J connectivity index is 1.86. The van der Waals surface area contributed by atoms with Crippen molar-refractivity contribution in [2.75, 3.05) is 19.6 Å². The standard InChI is InChI=1S/C17H34N2/c1-3-12-18-17-11-6-5-9-15(17)14-19-13-8-7-10-16(19)4-2/h15-18H,3-14H2,1-2H3. The fourth-order valence-electron chi connectivity index (χ4n) is 4.09. The highest BCUT2D eigenvalue weighted by Gasteiger charge is 2.29. The quantitative estimate of drug-likeness (QED) is 0.786. The zero-order chi connectivity index (χ0) is 13.5. The second kappa shape index (κ2) is 8.26. The number of hydrogen-bond donors (Lipinski definition) is 1. The Morgan fingerprint density at radius 1 is 1.00 bits per heavy atom. The summed E-state index contributed by atoms with van der Waals surface area (Å²) in [5.74, 6) is 0.910. The average Bonchev–Trinajstić information content (AvgIpc) is 2.47. The third-order valence-corrected chi connectivity index (χ3v) is 5.25. The van der Waals surface area contributed by atoms with Crippen LogP contribution in [0.25, 0.3) is 0 Å². The fourth-order valence-corrected chi connectivity index (χ4v) is 4.09. The maximum absolute atomic E-state index is 3.82. The summed E-state index contributed by atoms with van der Waals surface area (Å²) in [6.07, 6.45) is 12.7. The first kappa shape index (κ1) is 15.3. The molecule has 2 fully saturated rings. The molecule has 0 aromatic heterocycles. The first-order valence-electron chi connectivity index (χ1n) is 8.82. The van der Waals surface area contributed by atoms with Crippen molar-refractivity contribution in [1.29, 1.82) is 0 Å². The molecule has 0 aromatic rings. The van der Waals surface area contributed by atoms with Gasteiger partial charge in [-0.1, -0.05) is 33.1 Å². The molecular formula is C17H34N2. The minimum Gasteiger partial charge on any atom is -0.314 e. The van der Waals surface area contributed by atoms with E-state index in [1.807, 2.05) is 0 Å². The molecule has 1 saturated heterocycles.